The van der Waals surface area contributed by atoms with Gasteiger partial charge in [-0.2, -0.15) is 0 Å². The molecule has 2 atom stereocenters. The first-order chi connectivity index (χ1) is 11.2. The summed E-state index contributed by atoms with van der Waals surface area (Å²) in [5.41, 5.74) is 1.16. The summed E-state index contributed by atoms with van der Waals surface area (Å²) in [5.74, 6) is 0.797. The molecule has 1 aliphatic rings. The van der Waals surface area contributed by atoms with Gasteiger partial charge in [0.25, 0.3) is 0 Å². The van der Waals surface area contributed by atoms with Gasteiger partial charge >= 0.3 is 0 Å². The van der Waals surface area contributed by atoms with Gasteiger partial charge < -0.3 is 14.7 Å². The number of halogens is 1. The first-order valence-electron chi connectivity index (χ1n) is 7.78. The molecule has 2 aromatic carbocycles. The minimum atomic E-state index is -0.493. The Morgan fingerprint density at radius 3 is 2.52 bits per heavy atom. The van der Waals surface area contributed by atoms with Gasteiger partial charge in [0.1, 0.15) is 18.0 Å². The Hall–Kier alpha value is -1.78. The molecule has 1 heterocycles. The van der Waals surface area contributed by atoms with Crippen LogP contribution in [-0.2, 0) is 0 Å². The molecule has 1 aliphatic heterocycles. The minimum absolute atomic E-state index is 0.155. The quantitative estimate of drug-likeness (QED) is 0.880. The summed E-state index contributed by atoms with van der Waals surface area (Å²) >= 11 is 3.41. The van der Waals surface area contributed by atoms with E-state index in [0.717, 1.165) is 28.8 Å². The third-order valence-corrected chi connectivity index (χ3v) is 4.46. The van der Waals surface area contributed by atoms with Crippen LogP contribution in [0.3, 0.4) is 0 Å². The van der Waals surface area contributed by atoms with E-state index < -0.39 is 6.10 Å². The molecule has 0 aromatic heterocycles. The highest BCUT2D eigenvalue weighted by Crippen LogP contribution is 2.22. The Kier molecular flexibility index (Phi) is 5.36. The van der Waals surface area contributed by atoms with Crippen LogP contribution < -0.4 is 4.74 Å². The van der Waals surface area contributed by atoms with E-state index in [1.165, 1.54) is 0 Å². The highest BCUT2D eigenvalue weighted by molar-refractivity contribution is 9.10. The summed E-state index contributed by atoms with van der Waals surface area (Å²) in [6.07, 6.45) is 4.28. The van der Waals surface area contributed by atoms with E-state index in [1.807, 2.05) is 42.5 Å². The molecule has 0 saturated carbocycles. The molecule has 1 saturated heterocycles. The Labute approximate surface area is 145 Å². The molecular weight excluding hydrogens is 354 g/mol. The molecule has 1 fully saturated rings. The van der Waals surface area contributed by atoms with Gasteiger partial charge in [-0.25, -0.2) is 0 Å². The number of aliphatic hydroxyl groups is 1. The Morgan fingerprint density at radius 2 is 1.83 bits per heavy atom. The normalized spacial score (nSPS) is 21.6. The lowest BCUT2D eigenvalue weighted by atomic mass is 10.0. The van der Waals surface area contributed by atoms with Gasteiger partial charge in [0.15, 0.2) is 0 Å². The number of hydrogen-bond acceptors (Lipinski definition) is 3. The van der Waals surface area contributed by atoms with E-state index >= 15 is 0 Å². The molecule has 4 heteroatoms. The van der Waals surface area contributed by atoms with Crippen molar-refractivity contribution < 1.29 is 9.84 Å². The number of ether oxygens (including phenoxy) is 1. The van der Waals surface area contributed by atoms with Gasteiger partial charge in [0, 0.05) is 24.0 Å². The highest BCUT2D eigenvalue weighted by atomic mass is 79.9. The summed E-state index contributed by atoms with van der Waals surface area (Å²) in [6, 6.07) is 17.9. The lowest BCUT2D eigenvalue weighted by Gasteiger charge is -2.35. The van der Waals surface area contributed by atoms with Crippen LogP contribution in [0.25, 0.3) is 6.08 Å². The Balaban J connectivity index is 1.55. The summed E-state index contributed by atoms with van der Waals surface area (Å²) in [7, 11) is 0. The average Bonchev–Trinajstić information content (AvgIpc) is 2.58. The maximum Gasteiger partial charge on any atom is 0.128 e. The van der Waals surface area contributed by atoms with Crippen molar-refractivity contribution >= 4 is 22.0 Å². The van der Waals surface area contributed by atoms with Crippen LogP contribution in [0.1, 0.15) is 12.0 Å². The number of aliphatic hydroxyl groups excluding tert-OH is 1. The molecule has 3 rings (SSSR count). The molecule has 2 aromatic rings. The zero-order valence-corrected chi connectivity index (χ0v) is 14.4. The number of β-amino-alcohol motifs (C(OH)–C–C–N with tert-alkyl or cyclic N) is 1. The molecule has 120 valence electrons. The van der Waals surface area contributed by atoms with Crippen molar-refractivity contribution in [3.05, 3.63) is 70.8 Å². The SMILES string of the molecule is OC1CN(/C=C/c2ccccc2)CCC1Oc1ccc(Br)cc1. The molecule has 0 radical (unpaired) electrons. The second kappa shape index (κ2) is 7.66. The fourth-order valence-electron chi connectivity index (χ4n) is 2.65. The van der Waals surface area contributed by atoms with E-state index in [1.54, 1.807) is 0 Å². The van der Waals surface area contributed by atoms with Crippen molar-refractivity contribution in [1.29, 1.82) is 0 Å². The highest BCUT2D eigenvalue weighted by Gasteiger charge is 2.27. The zero-order valence-electron chi connectivity index (χ0n) is 12.8. The van der Waals surface area contributed by atoms with Gasteiger partial charge in [0.2, 0.25) is 0 Å². The van der Waals surface area contributed by atoms with Crippen molar-refractivity contribution in [2.75, 3.05) is 13.1 Å². The van der Waals surface area contributed by atoms with Crippen LogP contribution in [0, 0.1) is 0 Å². The molecule has 0 bridgehead atoms. The van der Waals surface area contributed by atoms with Crippen molar-refractivity contribution in [3.8, 4) is 5.75 Å². The summed E-state index contributed by atoms with van der Waals surface area (Å²) in [6.45, 7) is 1.46. The fourth-order valence-corrected chi connectivity index (χ4v) is 2.92. The van der Waals surface area contributed by atoms with Crippen LogP contribution in [0.2, 0.25) is 0 Å². The Morgan fingerprint density at radius 1 is 1.09 bits per heavy atom. The number of nitrogens with zero attached hydrogens (tertiary/aromatic N) is 1. The van der Waals surface area contributed by atoms with Gasteiger partial charge in [0.05, 0.1) is 0 Å². The smallest absolute Gasteiger partial charge is 0.128 e. The largest absolute Gasteiger partial charge is 0.488 e. The van der Waals surface area contributed by atoms with Crippen molar-refractivity contribution in [2.24, 2.45) is 0 Å². The number of likely N-dealkylation sites (tertiary alicyclic amines) is 1. The molecule has 0 spiro atoms. The van der Waals surface area contributed by atoms with Gasteiger partial charge in [-0.3, -0.25) is 0 Å². The predicted molar refractivity (Wildman–Crippen MR) is 96.2 cm³/mol. The molecule has 3 nitrogen and oxygen atoms in total. The standard InChI is InChI=1S/C19H20BrNO2/c20-16-6-8-17(9-7-16)23-19-11-13-21(14-18(19)22)12-10-15-4-2-1-3-5-15/h1-10,12,18-19,22H,11,13-14H2/b12-10+. The van der Waals surface area contributed by atoms with E-state index in [2.05, 4.69) is 45.2 Å². The molecular formula is C19H20BrNO2. The van der Waals surface area contributed by atoms with Crippen molar-refractivity contribution in [2.45, 2.75) is 18.6 Å². The minimum Gasteiger partial charge on any atom is -0.488 e. The van der Waals surface area contributed by atoms with Gasteiger partial charge in [-0.05, 0) is 42.1 Å². The molecule has 0 aliphatic carbocycles. The number of piperidine rings is 1. The topological polar surface area (TPSA) is 32.7 Å². The number of rotatable bonds is 4. The lowest BCUT2D eigenvalue weighted by molar-refractivity contribution is -0.0126. The summed E-state index contributed by atoms with van der Waals surface area (Å²) in [4.78, 5) is 2.14. The molecule has 2 unspecified atom stereocenters. The van der Waals surface area contributed by atoms with Gasteiger partial charge in [-0.1, -0.05) is 46.3 Å². The number of hydrogen-bond donors (Lipinski definition) is 1. The first-order valence-corrected chi connectivity index (χ1v) is 8.57. The van der Waals surface area contributed by atoms with Crippen LogP contribution >= 0.6 is 15.9 Å². The predicted octanol–water partition coefficient (Wildman–Crippen LogP) is 3.93. The summed E-state index contributed by atoms with van der Waals surface area (Å²) in [5, 5.41) is 10.3. The van der Waals surface area contributed by atoms with Crippen molar-refractivity contribution in [3.63, 3.8) is 0 Å². The average molecular weight is 374 g/mol. The van der Waals surface area contributed by atoms with Crippen molar-refractivity contribution in [1.82, 2.24) is 4.90 Å². The second-order valence-corrected chi connectivity index (χ2v) is 6.60. The van der Waals surface area contributed by atoms with Crippen LogP contribution in [0.4, 0.5) is 0 Å². The number of benzene rings is 2. The maximum absolute atomic E-state index is 10.3. The Bertz CT molecular complexity index is 642. The monoisotopic (exact) mass is 373 g/mol. The molecule has 1 N–H and O–H groups in total. The van der Waals surface area contributed by atoms with Crippen LogP contribution in [0.5, 0.6) is 5.75 Å². The van der Waals surface area contributed by atoms with E-state index in [4.69, 9.17) is 4.74 Å². The lowest BCUT2D eigenvalue weighted by Crippen LogP contribution is -2.47. The third kappa shape index (κ3) is 4.60. The van der Waals surface area contributed by atoms with Crippen LogP contribution in [-0.4, -0.2) is 35.3 Å². The fraction of sp³-hybridized carbons (Fsp3) is 0.263. The summed E-state index contributed by atoms with van der Waals surface area (Å²) < 4.78 is 6.93. The second-order valence-electron chi connectivity index (χ2n) is 5.69. The maximum atomic E-state index is 10.3. The van der Waals surface area contributed by atoms with Gasteiger partial charge in [-0.15, -0.1) is 0 Å². The van der Waals surface area contributed by atoms with E-state index in [-0.39, 0.29) is 6.10 Å². The van der Waals surface area contributed by atoms with E-state index in [9.17, 15) is 5.11 Å². The third-order valence-electron chi connectivity index (χ3n) is 3.93. The first kappa shape index (κ1) is 16.1. The van der Waals surface area contributed by atoms with E-state index in [0.29, 0.717) is 6.54 Å². The molecule has 23 heavy (non-hydrogen) atoms. The molecule has 0 amide bonds. The van der Waals surface area contributed by atoms with Crippen LogP contribution in [0.15, 0.2) is 65.3 Å². The zero-order chi connectivity index (χ0) is 16.1.